The molecule has 0 amide bonds. The quantitative estimate of drug-likeness (QED) is 0.146. The van der Waals surface area contributed by atoms with Gasteiger partial charge in [-0.05, 0) is 89.3 Å². The summed E-state index contributed by atoms with van der Waals surface area (Å²) < 4.78 is 5.36. The summed E-state index contributed by atoms with van der Waals surface area (Å²) in [4.78, 5) is 0. The SMILES string of the molecule is c1ccc2c(c1)-c1cccc3cc4c5c(c13)c1c-2cccc1n5-c1cc2ccccc2c2c1B4n1c3ccc4ccccc4c3c3cccc-2c31. The molecule has 0 unspecified atom stereocenters. The largest absolute Gasteiger partial charge is 0.375 e. The molecule has 0 radical (unpaired) electrons. The first kappa shape index (κ1) is 25.4. The lowest BCUT2D eigenvalue weighted by atomic mass is 9.45. The number of hydrogen-bond donors (Lipinski definition) is 0. The van der Waals surface area contributed by atoms with E-state index in [1.165, 1.54) is 126 Å². The number of fused-ring (bicyclic) bond motifs is 15. The van der Waals surface area contributed by atoms with E-state index >= 15 is 0 Å². The Kier molecular flexibility index (Phi) is 4.19. The molecule has 0 atom stereocenters. The third-order valence-corrected chi connectivity index (χ3v) is 12.5. The fraction of sp³-hybridized carbons (Fsp3) is 0. The normalized spacial score (nSPS) is 13.5. The van der Waals surface area contributed by atoms with Crippen LogP contribution in [0.25, 0.3) is 115 Å². The smallest absolute Gasteiger partial charge is 0.333 e. The molecule has 9 aromatic carbocycles. The number of nitrogens with zero attached hydrogens (tertiary/aromatic N) is 2. The number of hydrogen-bond acceptors (Lipinski definition) is 0. The molecule has 0 spiro atoms. The lowest BCUT2D eigenvalue weighted by Crippen LogP contribution is -2.55. The monoisotopic (exact) mass is 640 g/mol. The Morgan fingerprint density at radius 1 is 0.392 bits per heavy atom. The number of aromatic nitrogens is 2. The summed E-state index contributed by atoms with van der Waals surface area (Å²) in [5, 5.41) is 13.3. The van der Waals surface area contributed by atoms with Crippen molar-refractivity contribution in [2.24, 2.45) is 0 Å². The van der Waals surface area contributed by atoms with Gasteiger partial charge in [0.05, 0.1) is 11.0 Å². The Hall–Kier alpha value is -6.58. The van der Waals surface area contributed by atoms with E-state index in [4.69, 9.17) is 0 Å². The lowest BCUT2D eigenvalue weighted by Gasteiger charge is -2.35. The van der Waals surface area contributed by atoms with Crippen LogP contribution in [0.2, 0.25) is 0 Å². The molecule has 0 saturated carbocycles. The fourth-order valence-electron chi connectivity index (χ4n) is 10.8. The summed E-state index contributed by atoms with van der Waals surface area (Å²) >= 11 is 0. The van der Waals surface area contributed by atoms with Gasteiger partial charge in [0.25, 0.3) is 0 Å². The van der Waals surface area contributed by atoms with Crippen LogP contribution in [0, 0.1) is 0 Å². The van der Waals surface area contributed by atoms with Crippen LogP contribution in [0.5, 0.6) is 0 Å². The Labute approximate surface area is 292 Å². The van der Waals surface area contributed by atoms with Crippen molar-refractivity contribution in [3.63, 3.8) is 0 Å². The molecule has 4 heterocycles. The minimum absolute atomic E-state index is 0.00890. The molecular formula is C48H25BN2. The highest BCUT2D eigenvalue weighted by Gasteiger charge is 2.43. The molecular weight excluding hydrogens is 615 g/mol. The van der Waals surface area contributed by atoms with E-state index in [-0.39, 0.29) is 6.85 Å². The van der Waals surface area contributed by atoms with Crippen LogP contribution in [-0.2, 0) is 0 Å². The van der Waals surface area contributed by atoms with Crippen LogP contribution in [0.15, 0.2) is 152 Å². The highest BCUT2D eigenvalue weighted by Crippen LogP contribution is 2.52. The van der Waals surface area contributed by atoms with E-state index < -0.39 is 0 Å². The first-order valence-corrected chi connectivity index (χ1v) is 18.0. The van der Waals surface area contributed by atoms with Gasteiger partial charge >= 0.3 is 6.85 Å². The number of para-hydroxylation sites is 1. The molecule has 2 nitrogen and oxygen atoms in total. The van der Waals surface area contributed by atoms with Crippen molar-refractivity contribution in [3.8, 4) is 39.1 Å². The maximum absolute atomic E-state index is 2.72. The molecule has 14 rings (SSSR count). The third kappa shape index (κ3) is 2.72. The molecule has 1 aliphatic carbocycles. The predicted octanol–water partition coefficient (Wildman–Crippen LogP) is 10.9. The summed E-state index contributed by atoms with van der Waals surface area (Å²) in [6.45, 7) is 0.00890. The van der Waals surface area contributed by atoms with Gasteiger partial charge in [0.15, 0.2) is 0 Å². The summed E-state index contributed by atoms with van der Waals surface area (Å²) in [5.41, 5.74) is 17.3. The second kappa shape index (κ2) is 8.41. The highest BCUT2D eigenvalue weighted by atomic mass is 15.0. The Bertz CT molecular complexity index is 3490. The second-order valence-corrected chi connectivity index (χ2v) is 14.7. The zero-order valence-electron chi connectivity index (χ0n) is 27.4. The molecule has 3 aliphatic rings. The maximum Gasteiger partial charge on any atom is 0.333 e. The van der Waals surface area contributed by atoms with Gasteiger partial charge in [-0.15, -0.1) is 0 Å². The minimum Gasteiger partial charge on any atom is -0.375 e. The van der Waals surface area contributed by atoms with E-state index in [0.717, 1.165) is 0 Å². The first-order chi connectivity index (χ1) is 25.3. The average molecular weight is 641 g/mol. The standard InChI is InChI=1S/C48H25BN2/c1-3-13-29-26(10-1)22-23-39-42(29)35-19-8-20-36-43-30-14-4-2-11-27(30)25-40-46(43)49(51(39)47(35)36)37-24-28-12-7-17-33-31-15-5-6-16-32(31)34-18-9-21-38-44(34)45(41(28)33)48(37)50(38)40/h1-25H. The van der Waals surface area contributed by atoms with Gasteiger partial charge in [0.1, 0.15) is 0 Å². The number of rotatable bonds is 0. The Morgan fingerprint density at radius 3 is 1.94 bits per heavy atom. The molecule has 11 aromatic rings. The number of benzene rings is 9. The van der Waals surface area contributed by atoms with Crippen molar-refractivity contribution >= 4 is 93.7 Å². The zero-order chi connectivity index (χ0) is 32.7. The minimum atomic E-state index is 0.00890. The van der Waals surface area contributed by atoms with Crippen molar-refractivity contribution < 1.29 is 0 Å². The Morgan fingerprint density at radius 2 is 1.06 bits per heavy atom. The summed E-state index contributed by atoms with van der Waals surface area (Å²) in [6, 6.07) is 57.6. The van der Waals surface area contributed by atoms with Crippen molar-refractivity contribution in [1.29, 1.82) is 0 Å². The molecule has 3 heteroatoms. The predicted molar refractivity (Wildman–Crippen MR) is 217 cm³/mol. The van der Waals surface area contributed by atoms with Crippen LogP contribution in [-0.4, -0.2) is 15.9 Å². The average Bonchev–Trinajstić information content (AvgIpc) is 3.68. The van der Waals surface area contributed by atoms with Crippen LogP contribution in [0.1, 0.15) is 0 Å². The topological polar surface area (TPSA) is 9.86 Å². The maximum atomic E-state index is 2.72. The van der Waals surface area contributed by atoms with Gasteiger partial charge in [-0.3, -0.25) is 0 Å². The van der Waals surface area contributed by atoms with E-state index in [9.17, 15) is 0 Å². The Balaban J connectivity index is 1.30. The zero-order valence-corrected chi connectivity index (χ0v) is 27.4. The molecule has 0 bridgehead atoms. The van der Waals surface area contributed by atoms with Crippen LogP contribution >= 0.6 is 0 Å². The molecule has 2 aliphatic heterocycles. The second-order valence-electron chi connectivity index (χ2n) is 14.7. The van der Waals surface area contributed by atoms with Gasteiger partial charge < -0.3 is 9.05 Å². The van der Waals surface area contributed by atoms with E-state index in [2.05, 4.69) is 161 Å². The molecule has 2 aromatic heterocycles. The van der Waals surface area contributed by atoms with Gasteiger partial charge in [-0.1, -0.05) is 133 Å². The lowest BCUT2D eigenvalue weighted by molar-refractivity contribution is 1.18. The summed E-state index contributed by atoms with van der Waals surface area (Å²) in [7, 11) is 0. The third-order valence-electron chi connectivity index (χ3n) is 12.5. The molecule has 0 saturated heterocycles. The molecule has 230 valence electrons. The van der Waals surface area contributed by atoms with E-state index in [1.54, 1.807) is 0 Å². The van der Waals surface area contributed by atoms with E-state index in [1.807, 2.05) is 0 Å². The van der Waals surface area contributed by atoms with Gasteiger partial charge in [-0.2, -0.15) is 0 Å². The van der Waals surface area contributed by atoms with Gasteiger partial charge in [-0.25, -0.2) is 0 Å². The van der Waals surface area contributed by atoms with Crippen molar-refractivity contribution in [3.05, 3.63) is 152 Å². The molecule has 0 fully saturated rings. The highest BCUT2D eigenvalue weighted by molar-refractivity contribution is 6.90. The molecule has 51 heavy (non-hydrogen) atoms. The summed E-state index contributed by atoms with van der Waals surface area (Å²) in [5.74, 6) is 0. The van der Waals surface area contributed by atoms with Gasteiger partial charge in [0.2, 0.25) is 0 Å². The van der Waals surface area contributed by atoms with Crippen molar-refractivity contribution in [2.75, 3.05) is 0 Å². The van der Waals surface area contributed by atoms with Crippen LogP contribution in [0.3, 0.4) is 0 Å². The first-order valence-electron chi connectivity index (χ1n) is 18.0. The van der Waals surface area contributed by atoms with Crippen LogP contribution < -0.4 is 10.9 Å². The van der Waals surface area contributed by atoms with Crippen molar-refractivity contribution in [2.45, 2.75) is 0 Å². The van der Waals surface area contributed by atoms with Gasteiger partial charge in [0, 0.05) is 43.8 Å². The van der Waals surface area contributed by atoms with Crippen molar-refractivity contribution in [1.82, 2.24) is 9.05 Å². The molecule has 0 N–H and O–H groups in total. The van der Waals surface area contributed by atoms with E-state index in [0.29, 0.717) is 0 Å². The summed E-state index contributed by atoms with van der Waals surface area (Å²) in [6.07, 6.45) is 0. The fourth-order valence-corrected chi connectivity index (χ4v) is 10.8. The van der Waals surface area contributed by atoms with Crippen LogP contribution in [0.4, 0.5) is 0 Å².